The van der Waals surface area contributed by atoms with Crippen molar-refractivity contribution in [1.82, 2.24) is 0 Å². The van der Waals surface area contributed by atoms with E-state index in [0.29, 0.717) is 6.61 Å². The van der Waals surface area contributed by atoms with Crippen molar-refractivity contribution in [1.29, 1.82) is 0 Å². The fourth-order valence-electron chi connectivity index (χ4n) is 2.16. The van der Waals surface area contributed by atoms with Crippen molar-refractivity contribution in [2.24, 2.45) is 0 Å². The van der Waals surface area contributed by atoms with Gasteiger partial charge in [-0.3, -0.25) is 0 Å². The highest BCUT2D eigenvalue weighted by Crippen LogP contribution is 2.31. The van der Waals surface area contributed by atoms with E-state index in [1.165, 1.54) is 11.1 Å². The van der Waals surface area contributed by atoms with Gasteiger partial charge < -0.3 is 9.84 Å². The second-order valence-corrected chi connectivity index (χ2v) is 4.74. The fraction of sp³-hybridized carbons (Fsp3) is 0.294. The normalized spacial score (nSPS) is 12.2. The molecule has 0 fully saturated rings. The van der Waals surface area contributed by atoms with Crippen LogP contribution in [0.3, 0.4) is 0 Å². The molecular formula is C17H20O2. The highest BCUT2D eigenvalue weighted by atomic mass is 16.5. The van der Waals surface area contributed by atoms with Gasteiger partial charge >= 0.3 is 0 Å². The second kappa shape index (κ2) is 6.39. The molecule has 0 aromatic heterocycles. The van der Waals surface area contributed by atoms with Gasteiger partial charge in [0, 0.05) is 11.5 Å². The number of benzene rings is 2. The lowest BCUT2D eigenvalue weighted by Crippen LogP contribution is -2.06. The van der Waals surface area contributed by atoms with Gasteiger partial charge in [0.05, 0.1) is 6.61 Å². The Balaban J connectivity index is 2.27. The lowest BCUT2D eigenvalue weighted by atomic mass is 9.92. The molecule has 1 N–H and O–H groups in total. The van der Waals surface area contributed by atoms with Crippen molar-refractivity contribution in [3.63, 3.8) is 0 Å². The molecule has 2 nitrogen and oxygen atoms in total. The maximum Gasteiger partial charge on any atom is 0.123 e. The van der Waals surface area contributed by atoms with E-state index in [0.717, 1.165) is 11.3 Å². The molecule has 2 heteroatoms. The van der Waals surface area contributed by atoms with Gasteiger partial charge in [0.1, 0.15) is 12.4 Å². The molecule has 1 unspecified atom stereocenters. The van der Waals surface area contributed by atoms with Crippen LogP contribution in [-0.4, -0.2) is 18.3 Å². The minimum Gasteiger partial charge on any atom is -0.491 e. The summed E-state index contributed by atoms with van der Waals surface area (Å²) in [5.74, 6) is 1.13. The third-order valence-corrected chi connectivity index (χ3v) is 3.31. The molecule has 2 aromatic carbocycles. The van der Waals surface area contributed by atoms with E-state index in [1.54, 1.807) is 0 Å². The van der Waals surface area contributed by atoms with Gasteiger partial charge in [-0.1, -0.05) is 55.0 Å². The molecule has 0 aliphatic heterocycles. The van der Waals surface area contributed by atoms with Crippen molar-refractivity contribution < 1.29 is 9.84 Å². The fourth-order valence-corrected chi connectivity index (χ4v) is 2.16. The van der Waals surface area contributed by atoms with Crippen LogP contribution in [0.1, 0.15) is 29.5 Å². The molecule has 0 radical (unpaired) electrons. The summed E-state index contributed by atoms with van der Waals surface area (Å²) in [6.45, 7) is 4.63. The van der Waals surface area contributed by atoms with Crippen molar-refractivity contribution in [2.45, 2.75) is 19.8 Å². The summed E-state index contributed by atoms with van der Waals surface area (Å²) in [5.41, 5.74) is 3.69. The molecular weight excluding hydrogens is 236 g/mol. The lowest BCUT2D eigenvalue weighted by molar-refractivity contribution is 0.200. The predicted octanol–water partition coefficient (Wildman–Crippen LogP) is 3.52. The first kappa shape index (κ1) is 13.6. The quantitative estimate of drug-likeness (QED) is 0.887. The zero-order chi connectivity index (χ0) is 13.7. The van der Waals surface area contributed by atoms with Crippen LogP contribution in [0.4, 0.5) is 0 Å². The van der Waals surface area contributed by atoms with E-state index >= 15 is 0 Å². The number of rotatable bonds is 5. The van der Waals surface area contributed by atoms with Gasteiger partial charge in [0.25, 0.3) is 0 Å². The Kier molecular flexibility index (Phi) is 4.58. The third kappa shape index (κ3) is 3.36. The number of hydrogen-bond donors (Lipinski definition) is 1. The highest BCUT2D eigenvalue weighted by molar-refractivity contribution is 5.42. The maximum atomic E-state index is 8.88. The monoisotopic (exact) mass is 256 g/mol. The molecule has 0 aliphatic rings. The number of aryl methyl sites for hydroxylation is 1. The Morgan fingerprint density at radius 1 is 1.05 bits per heavy atom. The standard InChI is InChI=1S/C17H20O2/c1-13-7-9-15(10-8-13)14(2)16-5-3-4-6-17(16)19-12-11-18/h3-10,14,18H,11-12H2,1-2H3. The summed E-state index contributed by atoms with van der Waals surface area (Å²) in [5, 5.41) is 8.88. The van der Waals surface area contributed by atoms with E-state index in [4.69, 9.17) is 9.84 Å². The SMILES string of the molecule is Cc1ccc(C(C)c2ccccc2OCCO)cc1. The Hall–Kier alpha value is -1.80. The Morgan fingerprint density at radius 2 is 1.74 bits per heavy atom. The van der Waals surface area contributed by atoms with Gasteiger partial charge in [-0.05, 0) is 18.6 Å². The molecule has 0 spiro atoms. The molecule has 1 atom stereocenters. The summed E-state index contributed by atoms with van der Waals surface area (Å²) < 4.78 is 5.60. The summed E-state index contributed by atoms with van der Waals surface area (Å²) >= 11 is 0. The summed E-state index contributed by atoms with van der Waals surface area (Å²) in [4.78, 5) is 0. The summed E-state index contributed by atoms with van der Waals surface area (Å²) in [6.07, 6.45) is 0. The molecule has 0 bridgehead atoms. The highest BCUT2D eigenvalue weighted by Gasteiger charge is 2.13. The topological polar surface area (TPSA) is 29.5 Å². The van der Waals surface area contributed by atoms with Crippen LogP contribution >= 0.6 is 0 Å². The number of aliphatic hydroxyl groups is 1. The molecule has 2 aromatic rings. The molecule has 0 amide bonds. The van der Waals surface area contributed by atoms with Crippen LogP contribution < -0.4 is 4.74 Å². The molecule has 0 saturated heterocycles. The minimum atomic E-state index is 0.0350. The zero-order valence-electron chi connectivity index (χ0n) is 11.5. The number of aliphatic hydroxyl groups excluding tert-OH is 1. The van der Waals surface area contributed by atoms with Crippen LogP contribution in [0.25, 0.3) is 0 Å². The largest absolute Gasteiger partial charge is 0.491 e. The first-order valence-electron chi connectivity index (χ1n) is 6.61. The molecule has 19 heavy (non-hydrogen) atoms. The molecule has 0 aliphatic carbocycles. The second-order valence-electron chi connectivity index (χ2n) is 4.74. The smallest absolute Gasteiger partial charge is 0.123 e. The van der Waals surface area contributed by atoms with Crippen LogP contribution in [0.5, 0.6) is 5.75 Å². The van der Waals surface area contributed by atoms with Crippen molar-refractivity contribution in [2.75, 3.05) is 13.2 Å². The van der Waals surface area contributed by atoms with E-state index in [-0.39, 0.29) is 12.5 Å². The predicted molar refractivity (Wildman–Crippen MR) is 77.7 cm³/mol. The number of hydrogen-bond acceptors (Lipinski definition) is 2. The van der Waals surface area contributed by atoms with Crippen molar-refractivity contribution >= 4 is 0 Å². The van der Waals surface area contributed by atoms with Crippen molar-refractivity contribution in [3.05, 3.63) is 65.2 Å². The maximum absolute atomic E-state index is 8.88. The molecule has 100 valence electrons. The van der Waals surface area contributed by atoms with Crippen molar-refractivity contribution in [3.8, 4) is 5.75 Å². The average Bonchev–Trinajstić information content (AvgIpc) is 2.45. The van der Waals surface area contributed by atoms with Crippen LogP contribution in [0, 0.1) is 6.92 Å². The van der Waals surface area contributed by atoms with E-state index in [1.807, 2.05) is 18.2 Å². The molecule has 0 heterocycles. The van der Waals surface area contributed by atoms with E-state index in [9.17, 15) is 0 Å². The zero-order valence-corrected chi connectivity index (χ0v) is 11.5. The van der Waals surface area contributed by atoms with Crippen LogP contribution in [-0.2, 0) is 0 Å². The first-order valence-corrected chi connectivity index (χ1v) is 6.61. The number of para-hydroxylation sites is 1. The molecule has 0 saturated carbocycles. The lowest BCUT2D eigenvalue weighted by Gasteiger charge is -2.17. The van der Waals surface area contributed by atoms with Gasteiger partial charge in [-0.15, -0.1) is 0 Å². The average molecular weight is 256 g/mol. The van der Waals surface area contributed by atoms with Gasteiger partial charge in [0.15, 0.2) is 0 Å². The first-order chi connectivity index (χ1) is 9.22. The van der Waals surface area contributed by atoms with Gasteiger partial charge in [-0.2, -0.15) is 0 Å². The number of ether oxygens (including phenoxy) is 1. The minimum absolute atomic E-state index is 0.0350. The third-order valence-electron chi connectivity index (χ3n) is 3.31. The summed E-state index contributed by atoms with van der Waals surface area (Å²) in [7, 11) is 0. The van der Waals surface area contributed by atoms with Crippen LogP contribution in [0.15, 0.2) is 48.5 Å². The summed E-state index contributed by atoms with van der Waals surface area (Å²) in [6, 6.07) is 16.6. The Bertz CT molecular complexity index is 517. The Morgan fingerprint density at radius 3 is 2.42 bits per heavy atom. The van der Waals surface area contributed by atoms with Gasteiger partial charge in [-0.25, -0.2) is 0 Å². The van der Waals surface area contributed by atoms with E-state index < -0.39 is 0 Å². The molecule has 2 rings (SSSR count). The Labute approximate surface area is 114 Å². The van der Waals surface area contributed by atoms with Gasteiger partial charge in [0.2, 0.25) is 0 Å². The van der Waals surface area contributed by atoms with E-state index in [2.05, 4.69) is 44.2 Å². The van der Waals surface area contributed by atoms with Crippen LogP contribution in [0.2, 0.25) is 0 Å².